The van der Waals surface area contributed by atoms with Gasteiger partial charge in [0.1, 0.15) is 5.69 Å². The minimum atomic E-state index is -0.265. The lowest BCUT2D eigenvalue weighted by molar-refractivity contribution is 0.0944. The highest BCUT2D eigenvalue weighted by molar-refractivity contribution is 6.32. The fourth-order valence-corrected chi connectivity index (χ4v) is 2.59. The molecule has 1 N–H and O–H groups in total. The van der Waals surface area contributed by atoms with E-state index < -0.39 is 0 Å². The Labute approximate surface area is 150 Å². The maximum absolute atomic E-state index is 12.6. The Hall–Kier alpha value is -2.73. The maximum Gasteiger partial charge on any atom is 0.274 e. The van der Waals surface area contributed by atoms with Crippen LogP contribution in [0.4, 0.5) is 0 Å². The van der Waals surface area contributed by atoms with Gasteiger partial charge in [0.05, 0.1) is 10.7 Å². The third kappa shape index (κ3) is 3.69. The minimum Gasteiger partial charge on any atom is -0.350 e. The average molecular weight is 356 g/mol. The number of carbonyl (C=O) groups is 1. The van der Waals surface area contributed by atoms with E-state index in [1.807, 2.05) is 44.2 Å². The summed E-state index contributed by atoms with van der Waals surface area (Å²) in [6.07, 6.45) is 3.32. The maximum atomic E-state index is 12.6. The van der Waals surface area contributed by atoms with Gasteiger partial charge in [0.25, 0.3) is 5.91 Å². The number of hydrogen-bond donors (Lipinski definition) is 1. The molecule has 1 amide bonds. The van der Waals surface area contributed by atoms with Crippen molar-refractivity contribution < 1.29 is 4.79 Å². The second kappa shape index (κ2) is 7.44. The number of benzene rings is 1. The van der Waals surface area contributed by atoms with Crippen LogP contribution in [0.2, 0.25) is 5.02 Å². The van der Waals surface area contributed by atoms with Crippen molar-refractivity contribution in [1.29, 1.82) is 0 Å². The van der Waals surface area contributed by atoms with Gasteiger partial charge >= 0.3 is 0 Å². The Bertz CT molecular complexity index is 876. The smallest absolute Gasteiger partial charge is 0.274 e. The van der Waals surface area contributed by atoms with Gasteiger partial charge in [-0.15, -0.1) is 5.10 Å². The van der Waals surface area contributed by atoms with E-state index in [-0.39, 0.29) is 11.6 Å². The Morgan fingerprint density at radius 2 is 1.92 bits per heavy atom. The molecule has 7 heteroatoms. The predicted octanol–water partition coefficient (Wildman–Crippen LogP) is 3.37. The first-order valence-corrected chi connectivity index (χ1v) is 8.35. The molecule has 0 fully saturated rings. The molecule has 0 unspecified atom stereocenters. The molecule has 3 aromatic rings. The third-order valence-electron chi connectivity index (χ3n) is 3.59. The number of pyridine rings is 1. The van der Waals surface area contributed by atoms with Crippen LogP contribution in [0.1, 0.15) is 24.3 Å². The number of aromatic nitrogens is 4. The van der Waals surface area contributed by atoms with Gasteiger partial charge in [0.15, 0.2) is 5.69 Å². The van der Waals surface area contributed by atoms with E-state index in [1.54, 1.807) is 23.1 Å². The molecule has 0 saturated heterocycles. The number of para-hydroxylation sites is 1. The molecular formula is C18H18ClN5O. The fourth-order valence-electron chi connectivity index (χ4n) is 2.38. The fraction of sp³-hybridized carbons (Fsp3) is 0.222. The summed E-state index contributed by atoms with van der Waals surface area (Å²) in [7, 11) is 0. The summed E-state index contributed by atoms with van der Waals surface area (Å²) in [4.78, 5) is 16.6. The SMILES string of the molecule is CC(C)CNC(=O)c1nnn(-c2ccccc2Cl)c1-c1ccncc1. The highest BCUT2D eigenvalue weighted by atomic mass is 35.5. The van der Waals surface area contributed by atoms with E-state index in [0.717, 1.165) is 5.56 Å². The molecule has 25 heavy (non-hydrogen) atoms. The van der Waals surface area contributed by atoms with Crippen LogP contribution in [0.15, 0.2) is 48.8 Å². The van der Waals surface area contributed by atoms with Crippen molar-refractivity contribution in [3.8, 4) is 16.9 Å². The first-order valence-electron chi connectivity index (χ1n) is 7.97. The van der Waals surface area contributed by atoms with Gasteiger partial charge in [-0.25, -0.2) is 4.68 Å². The molecule has 0 aliphatic carbocycles. The number of rotatable bonds is 5. The van der Waals surface area contributed by atoms with Crippen LogP contribution in [-0.4, -0.2) is 32.4 Å². The molecule has 0 radical (unpaired) electrons. The van der Waals surface area contributed by atoms with Crippen molar-refractivity contribution in [3.05, 3.63) is 59.5 Å². The second-order valence-electron chi connectivity index (χ2n) is 5.99. The molecule has 3 rings (SSSR count). The van der Waals surface area contributed by atoms with Crippen molar-refractivity contribution in [2.24, 2.45) is 5.92 Å². The largest absolute Gasteiger partial charge is 0.350 e. The number of hydrogen-bond acceptors (Lipinski definition) is 4. The Kier molecular flexibility index (Phi) is 5.09. The number of halogens is 1. The summed E-state index contributed by atoms with van der Waals surface area (Å²) in [6, 6.07) is 10.9. The van der Waals surface area contributed by atoms with Crippen molar-refractivity contribution in [2.45, 2.75) is 13.8 Å². The first-order chi connectivity index (χ1) is 12.1. The predicted molar refractivity (Wildman–Crippen MR) is 96.8 cm³/mol. The Morgan fingerprint density at radius 1 is 1.20 bits per heavy atom. The summed E-state index contributed by atoms with van der Waals surface area (Å²) in [5, 5.41) is 11.7. The van der Waals surface area contributed by atoms with Gasteiger partial charge < -0.3 is 5.32 Å². The average Bonchev–Trinajstić information content (AvgIpc) is 3.05. The highest BCUT2D eigenvalue weighted by Crippen LogP contribution is 2.28. The molecule has 2 heterocycles. The van der Waals surface area contributed by atoms with Crippen LogP contribution in [-0.2, 0) is 0 Å². The van der Waals surface area contributed by atoms with E-state index in [9.17, 15) is 4.79 Å². The number of carbonyl (C=O) groups excluding carboxylic acids is 1. The normalized spacial score (nSPS) is 10.9. The van der Waals surface area contributed by atoms with Gasteiger partial charge in [-0.05, 0) is 30.2 Å². The third-order valence-corrected chi connectivity index (χ3v) is 3.91. The monoisotopic (exact) mass is 355 g/mol. The van der Waals surface area contributed by atoms with Crippen LogP contribution in [0, 0.1) is 5.92 Å². The number of nitrogens with one attached hydrogen (secondary N) is 1. The van der Waals surface area contributed by atoms with Gasteiger partial charge in [-0.3, -0.25) is 9.78 Å². The van der Waals surface area contributed by atoms with Crippen molar-refractivity contribution >= 4 is 17.5 Å². The lowest BCUT2D eigenvalue weighted by Crippen LogP contribution is -2.28. The number of nitrogens with zero attached hydrogens (tertiary/aromatic N) is 4. The molecule has 0 spiro atoms. The van der Waals surface area contributed by atoms with Crippen LogP contribution in [0.25, 0.3) is 16.9 Å². The Balaban J connectivity index is 2.11. The quantitative estimate of drug-likeness (QED) is 0.761. The molecule has 2 aromatic heterocycles. The van der Waals surface area contributed by atoms with Crippen LogP contribution in [0.3, 0.4) is 0 Å². The molecule has 0 bridgehead atoms. The zero-order valence-electron chi connectivity index (χ0n) is 14.0. The summed E-state index contributed by atoms with van der Waals surface area (Å²) >= 11 is 6.31. The van der Waals surface area contributed by atoms with E-state index in [0.29, 0.717) is 28.9 Å². The van der Waals surface area contributed by atoms with Crippen LogP contribution in [0.5, 0.6) is 0 Å². The van der Waals surface area contributed by atoms with Crippen molar-refractivity contribution in [1.82, 2.24) is 25.3 Å². The van der Waals surface area contributed by atoms with Crippen molar-refractivity contribution in [3.63, 3.8) is 0 Å². The lowest BCUT2D eigenvalue weighted by atomic mass is 10.1. The summed E-state index contributed by atoms with van der Waals surface area (Å²) in [5.74, 6) is 0.0748. The molecule has 0 aliphatic rings. The van der Waals surface area contributed by atoms with E-state index >= 15 is 0 Å². The minimum absolute atomic E-state index is 0.256. The topological polar surface area (TPSA) is 72.7 Å². The summed E-state index contributed by atoms with van der Waals surface area (Å²) in [6.45, 7) is 4.63. The van der Waals surface area contributed by atoms with Crippen molar-refractivity contribution in [2.75, 3.05) is 6.54 Å². The van der Waals surface area contributed by atoms with E-state index in [4.69, 9.17) is 11.6 Å². The molecule has 0 aliphatic heterocycles. The molecule has 6 nitrogen and oxygen atoms in total. The molecule has 1 aromatic carbocycles. The van der Waals surface area contributed by atoms with Gasteiger partial charge in [0.2, 0.25) is 0 Å². The summed E-state index contributed by atoms with van der Waals surface area (Å²) in [5.41, 5.74) is 2.28. The molecule has 128 valence electrons. The second-order valence-corrected chi connectivity index (χ2v) is 6.40. The molecule has 0 atom stereocenters. The van der Waals surface area contributed by atoms with Crippen LogP contribution < -0.4 is 5.32 Å². The number of amides is 1. The van der Waals surface area contributed by atoms with E-state index in [1.165, 1.54) is 0 Å². The highest BCUT2D eigenvalue weighted by Gasteiger charge is 2.23. The zero-order valence-corrected chi connectivity index (χ0v) is 14.7. The van der Waals surface area contributed by atoms with Gasteiger partial charge in [-0.2, -0.15) is 0 Å². The lowest BCUT2D eigenvalue weighted by Gasteiger charge is -2.10. The van der Waals surface area contributed by atoms with E-state index in [2.05, 4.69) is 20.6 Å². The first kappa shape index (κ1) is 17.1. The van der Waals surface area contributed by atoms with Crippen LogP contribution >= 0.6 is 11.6 Å². The van der Waals surface area contributed by atoms with Gasteiger partial charge in [0, 0.05) is 24.5 Å². The zero-order chi connectivity index (χ0) is 17.8. The molecule has 0 saturated carbocycles. The summed E-state index contributed by atoms with van der Waals surface area (Å²) < 4.78 is 1.59. The Morgan fingerprint density at radius 3 is 2.60 bits per heavy atom. The van der Waals surface area contributed by atoms with Gasteiger partial charge in [-0.1, -0.05) is 42.8 Å². The molecular weight excluding hydrogens is 338 g/mol. The standard InChI is InChI=1S/C18H18ClN5O/c1-12(2)11-21-18(25)16-17(13-7-9-20-10-8-13)24(23-22-16)15-6-4-3-5-14(15)19/h3-10,12H,11H2,1-2H3,(H,21,25).